The van der Waals surface area contributed by atoms with Crippen LogP contribution >= 0.6 is 22.1 Å². The van der Waals surface area contributed by atoms with Gasteiger partial charge in [0.15, 0.2) is 5.82 Å². The maximum atomic E-state index is 10.9. The summed E-state index contributed by atoms with van der Waals surface area (Å²) in [6.07, 6.45) is 5.69. The van der Waals surface area contributed by atoms with Gasteiger partial charge in [0.05, 0.1) is 34.4 Å². The highest BCUT2D eigenvalue weighted by Gasteiger charge is 2.53. The molecule has 34 heavy (non-hydrogen) atoms. The fourth-order valence-corrected chi connectivity index (χ4v) is 8.13. The predicted molar refractivity (Wildman–Crippen MR) is 137 cm³/mol. The van der Waals surface area contributed by atoms with Crippen molar-refractivity contribution in [2.75, 3.05) is 16.6 Å². The second-order valence-electron chi connectivity index (χ2n) is 9.51. The summed E-state index contributed by atoms with van der Waals surface area (Å²) in [4.78, 5) is 16.8. The summed E-state index contributed by atoms with van der Waals surface area (Å²) in [5, 5.41) is 10.4. The summed E-state index contributed by atoms with van der Waals surface area (Å²) in [6.45, 7) is 7.68. The average molecular weight is 502 g/mol. The Hall–Kier alpha value is -2.24. The molecule has 182 valence electrons. The third-order valence-electron chi connectivity index (χ3n) is 7.12. The third kappa shape index (κ3) is 4.18. The number of aromatic nitrogens is 3. The van der Waals surface area contributed by atoms with Crippen LogP contribution in [0.2, 0.25) is 0 Å². The van der Waals surface area contributed by atoms with Gasteiger partial charge in [-0.3, -0.25) is 19.0 Å². The predicted octanol–water partition coefficient (Wildman–Crippen LogP) is 5.22. The van der Waals surface area contributed by atoms with Crippen molar-refractivity contribution in [3.63, 3.8) is 0 Å². The lowest BCUT2D eigenvalue weighted by Crippen LogP contribution is -2.55. The molecule has 0 unspecified atom stereocenters. The molecule has 2 aliphatic heterocycles. The second-order valence-corrected chi connectivity index (χ2v) is 12.6. The smallest absolute Gasteiger partial charge is 0.166 e. The van der Waals surface area contributed by atoms with Gasteiger partial charge in [-0.15, -0.1) is 22.1 Å². The quantitative estimate of drug-likeness (QED) is 0.447. The molecule has 2 aliphatic rings. The van der Waals surface area contributed by atoms with E-state index >= 15 is 0 Å². The molecule has 0 aliphatic carbocycles. The largest absolute Gasteiger partial charge is 0.507 e. The molecule has 1 aromatic carbocycles. The number of thiazole rings is 1. The molecule has 0 radical (unpaired) electrons. The van der Waals surface area contributed by atoms with Crippen LogP contribution in [0.3, 0.4) is 0 Å². The number of hydrogen-bond acceptors (Lipinski definition) is 9. The number of nitrogens with zero attached hydrogens (tertiary/aromatic N) is 5. The Labute approximate surface area is 205 Å². The van der Waals surface area contributed by atoms with Crippen LogP contribution in [0, 0.1) is 13.8 Å². The van der Waals surface area contributed by atoms with Crippen molar-refractivity contribution >= 4 is 27.9 Å². The first-order valence-electron chi connectivity index (χ1n) is 11.5. The highest BCUT2D eigenvalue weighted by molar-refractivity contribution is 8.25. The summed E-state index contributed by atoms with van der Waals surface area (Å²) >= 11 is 1.57. The number of anilines is 1. The molecule has 2 aromatic heterocycles. The van der Waals surface area contributed by atoms with E-state index in [0.29, 0.717) is 11.6 Å². The Morgan fingerprint density at radius 1 is 1.21 bits per heavy atom. The Kier molecular flexibility index (Phi) is 6.06. The lowest BCUT2D eigenvalue weighted by atomic mass is 9.81. The van der Waals surface area contributed by atoms with Crippen LogP contribution in [0.15, 0.2) is 36.1 Å². The number of phenols is 1. The molecule has 0 amide bonds. The first-order valence-corrected chi connectivity index (χ1v) is 14.1. The van der Waals surface area contributed by atoms with Gasteiger partial charge in [0.2, 0.25) is 0 Å². The van der Waals surface area contributed by atoms with Crippen LogP contribution < -0.4 is 4.31 Å². The van der Waals surface area contributed by atoms with Crippen molar-refractivity contribution in [1.29, 1.82) is 0 Å². The fourth-order valence-electron chi connectivity index (χ4n) is 5.44. The number of aromatic hydroxyl groups is 1. The lowest BCUT2D eigenvalue weighted by molar-refractivity contribution is 0.102. The number of benzene rings is 1. The van der Waals surface area contributed by atoms with E-state index in [0.717, 1.165) is 59.7 Å². The molecule has 1 spiro atoms. The van der Waals surface area contributed by atoms with E-state index in [1.807, 2.05) is 26.0 Å². The number of aryl methyl sites for hydroxylation is 2. The van der Waals surface area contributed by atoms with Crippen LogP contribution in [0.4, 0.5) is 5.82 Å². The minimum Gasteiger partial charge on any atom is -0.507 e. The van der Waals surface area contributed by atoms with Crippen molar-refractivity contribution in [1.82, 2.24) is 19.9 Å². The summed E-state index contributed by atoms with van der Waals surface area (Å²) in [7, 11) is -2.93. The topological polar surface area (TPSA) is 106 Å². The Bertz CT molecular complexity index is 1200. The Morgan fingerprint density at radius 2 is 2.03 bits per heavy atom. The summed E-state index contributed by atoms with van der Waals surface area (Å²) in [5.74, 6) is 1.17. The SMILES string of the molecule is Cc1cncc(N2[C@@]3(CCN(Cc4ccc(O)c(-c5ncsc5C)c4)[C@@H](C)C3)CCS2(O)O)n1. The van der Waals surface area contributed by atoms with Crippen LogP contribution in [0.5, 0.6) is 5.75 Å². The van der Waals surface area contributed by atoms with E-state index in [1.54, 1.807) is 39.6 Å². The molecule has 2 atom stereocenters. The molecular weight excluding hydrogens is 470 g/mol. The van der Waals surface area contributed by atoms with Gasteiger partial charge in [-0.25, -0.2) is 14.3 Å². The van der Waals surface area contributed by atoms with Gasteiger partial charge in [0, 0.05) is 35.8 Å². The van der Waals surface area contributed by atoms with Crippen molar-refractivity contribution in [3.8, 4) is 17.0 Å². The number of hydrogen-bond donors (Lipinski definition) is 3. The van der Waals surface area contributed by atoms with Crippen molar-refractivity contribution in [2.45, 2.75) is 58.2 Å². The molecule has 0 saturated carbocycles. The number of rotatable bonds is 4. The third-order valence-corrected chi connectivity index (χ3v) is 9.79. The van der Waals surface area contributed by atoms with Crippen LogP contribution in [0.25, 0.3) is 11.3 Å². The lowest BCUT2D eigenvalue weighted by Gasteiger charge is -2.51. The minimum absolute atomic E-state index is 0.237. The molecule has 0 bridgehead atoms. The minimum atomic E-state index is -2.93. The van der Waals surface area contributed by atoms with Crippen molar-refractivity contribution in [2.24, 2.45) is 0 Å². The molecule has 4 heterocycles. The molecular formula is C24H31N5O3S2. The van der Waals surface area contributed by atoms with Gasteiger partial charge in [-0.05, 0) is 57.7 Å². The van der Waals surface area contributed by atoms with Crippen LogP contribution in [0.1, 0.15) is 42.3 Å². The first-order chi connectivity index (χ1) is 16.2. The monoisotopic (exact) mass is 501 g/mol. The molecule has 3 aromatic rings. The maximum Gasteiger partial charge on any atom is 0.166 e. The van der Waals surface area contributed by atoms with Crippen LogP contribution in [-0.2, 0) is 6.54 Å². The maximum absolute atomic E-state index is 10.9. The zero-order valence-electron chi connectivity index (χ0n) is 19.7. The fraction of sp³-hybridized carbons (Fsp3) is 0.458. The Morgan fingerprint density at radius 3 is 2.74 bits per heavy atom. The zero-order chi connectivity index (χ0) is 24.1. The number of piperidine rings is 1. The molecule has 10 heteroatoms. The summed E-state index contributed by atoms with van der Waals surface area (Å²) < 4.78 is 23.6. The summed E-state index contributed by atoms with van der Waals surface area (Å²) in [5.41, 5.74) is 4.96. The van der Waals surface area contributed by atoms with Gasteiger partial charge in [-0.1, -0.05) is 6.07 Å². The van der Waals surface area contributed by atoms with E-state index < -0.39 is 10.8 Å². The highest BCUT2D eigenvalue weighted by Crippen LogP contribution is 2.60. The molecule has 2 saturated heterocycles. The zero-order valence-corrected chi connectivity index (χ0v) is 21.3. The molecule has 3 N–H and O–H groups in total. The van der Waals surface area contributed by atoms with Crippen molar-refractivity contribution in [3.05, 3.63) is 52.2 Å². The number of phenolic OH excluding ortho intramolecular Hbond substituents is 1. The Balaban J connectivity index is 1.37. The normalized spacial score (nSPS) is 25.7. The molecule has 8 nitrogen and oxygen atoms in total. The first kappa shape index (κ1) is 23.5. The van der Waals surface area contributed by atoms with Crippen LogP contribution in [-0.4, -0.2) is 57.9 Å². The van der Waals surface area contributed by atoms with Gasteiger partial charge in [0.1, 0.15) is 5.75 Å². The molecule has 5 rings (SSSR count). The van der Waals surface area contributed by atoms with Crippen molar-refractivity contribution < 1.29 is 14.2 Å². The number of likely N-dealkylation sites (tertiary alicyclic amines) is 1. The van der Waals surface area contributed by atoms with E-state index in [2.05, 4.69) is 26.8 Å². The average Bonchev–Trinajstić information content (AvgIpc) is 3.31. The highest BCUT2D eigenvalue weighted by atomic mass is 32.3. The second kappa shape index (κ2) is 8.76. The van der Waals surface area contributed by atoms with Gasteiger partial charge in [0.25, 0.3) is 0 Å². The van der Waals surface area contributed by atoms with Gasteiger partial charge < -0.3 is 5.11 Å². The van der Waals surface area contributed by atoms with E-state index in [9.17, 15) is 14.2 Å². The van der Waals surface area contributed by atoms with Gasteiger partial charge in [-0.2, -0.15) is 0 Å². The standard InChI is InChI=1S/C24H31N5O3S2/c1-16-12-25-13-22(27-16)29-24(7-9-34(29,31)32)6-8-28(17(2)11-24)14-19-4-5-21(30)20(10-19)23-18(3)33-15-26-23/h4-5,10,12-13,15,17,30-32H,6-9,11,14H2,1-3H3/t17-,24-/m0/s1. The summed E-state index contributed by atoms with van der Waals surface area (Å²) in [6, 6.07) is 6.00. The van der Waals surface area contributed by atoms with E-state index in [-0.39, 0.29) is 17.3 Å². The molecule has 2 fully saturated rings. The van der Waals surface area contributed by atoms with E-state index in [4.69, 9.17) is 0 Å². The van der Waals surface area contributed by atoms with E-state index in [1.165, 1.54) is 0 Å². The van der Waals surface area contributed by atoms with Gasteiger partial charge >= 0.3 is 0 Å².